The monoisotopic (exact) mass is 1370 g/mol. The van der Waals surface area contributed by atoms with Crippen LogP contribution in [0.15, 0.2) is 0 Å². The molecule has 0 aromatic rings. The van der Waals surface area contributed by atoms with Crippen molar-refractivity contribution in [3.63, 3.8) is 0 Å². The van der Waals surface area contributed by atoms with Gasteiger partial charge in [-0.15, -0.1) is 0 Å². The van der Waals surface area contributed by atoms with Crippen LogP contribution in [-0.4, -0.2) is 255 Å². The first-order chi connectivity index (χ1) is 34.5. The molecular weight excluding hydrogens is 1350 g/mol. The fourth-order valence-electron chi connectivity index (χ4n) is 6.25. The highest BCUT2D eigenvalue weighted by Crippen LogP contribution is 2.40. The molecule has 0 unspecified atom stereocenters. The minimum Gasteiger partial charge on any atom is -0.726 e. The molecule has 3 fully saturated rings. The second kappa shape index (κ2) is 25.3. The van der Waals surface area contributed by atoms with Gasteiger partial charge in [0.1, 0.15) is 54.9 Å². The molecule has 3 aliphatic rings. The number of hydrogen-bond acceptors (Lipinski definition) is 49. The molecule has 464 valence electrons. The van der Waals surface area contributed by atoms with Gasteiger partial charge >= 0.3 is 0 Å². The van der Waals surface area contributed by atoms with E-state index in [9.17, 15) is 143 Å². The Morgan fingerprint density at radius 1 is 0.231 bits per heavy atom. The maximum Gasteiger partial charge on any atom is 0.220 e. The van der Waals surface area contributed by atoms with Gasteiger partial charge in [0.2, 0.25) is 121 Å². The zero-order valence-electron chi connectivity index (χ0n) is 35.3. The maximum absolute atomic E-state index is 12.3. The summed E-state index contributed by atoms with van der Waals surface area (Å²) in [5, 5.41) is 0. The van der Waals surface area contributed by atoms with Gasteiger partial charge in [0, 0.05) is 0 Å². The Labute approximate surface area is 436 Å². The Morgan fingerprint density at radius 3 is 0.667 bits per heavy atom. The molecule has 0 aromatic carbocycles. The largest absolute Gasteiger partial charge is 0.726 e. The maximum atomic E-state index is 12.3. The lowest BCUT2D eigenvalue weighted by Crippen LogP contribution is -2.69. The van der Waals surface area contributed by atoms with Gasteiger partial charge in [0.25, 0.3) is 0 Å². The zero-order valence-corrected chi connectivity index (χ0v) is 44.3. The van der Waals surface area contributed by atoms with Gasteiger partial charge in [-0.3, -0.25) is 41.8 Å². The van der Waals surface area contributed by atoms with Crippen LogP contribution in [0, 0.1) is 0 Å². The molecule has 0 N–H and O–H groups in total. The van der Waals surface area contributed by atoms with Crippen molar-refractivity contribution in [1.29, 1.82) is 0 Å². The third-order valence-corrected chi connectivity index (χ3v) is 13.2. The summed E-state index contributed by atoms with van der Waals surface area (Å²) in [6.45, 7) is -6.99. The first kappa shape index (κ1) is 70.6. The summed E-state index contributed by atoms with van der Waals surface area (Å²) in [5.74, 6) is 0. The fraction of sp³-hybridized carbons (Fsp3) is 1.00. The zero-order chi connectivity index (χ0) is 60.6. The summed E-state index contributed by atoms with van der Waals surface area (Å²) in [4.78, 5) is 0. The summed E-state index contributed by atoms with van der Waals surface area (Å²) >= 11 is 0. The van der Waals surface area contributed by atoms with Crippen molar-refractivity contribution in [2.75, 3.05) is 19.8 Å². The van der Waals surface area contributed by atoms with Crippen LogP contribution in [0.25, 0.3) is 0 Å². The Hall–Kier alpha value is -1.63. The molecule has 0 spiro atoms. The highest BCUT2D eigenvalue weighted by molar-refractivity contribution is 7.83. The molecule has 0 saturated carbocycles. The van der Waals surface area contributed by atoms with Gasteiger partial charge < -0.3 is 73.8 Å². The molecule has 0 bridgehead atoms. The molecular formula is C18H21O49S11-11. The molecule has 0 aliphatic carbocycles. The summed E-state index contributed by atoms with van der Waals surface area (Å²) < 4.78 is 457. The van der Waals surface area contributed by atoms with Crippen LogP contribution < -0.4 is 0 Å². The first-order valence-corrected chi connectivity index (χ1v) is 32.3. The van der Waals surface area contributed by atoms with Crippen LogP contribution in [0.5, 0.6) is 0 Å². The van der Waals surface area contributed by atoms with E-state index in [1.165, 1.54) is 0 Å². The predicted molar refractivity (Wildman–Crippen MR) is 195 cm³/mol. The van der Waals surface area contributed by atoms with Crippen molar-refractivity contribution >= 4 is 114 Å². The summed E-state index contributed by atoms with van der Waals surface area (Å²) in [6.07, 6.45) is -55.3. The Morgan fingerprint density at radius 2 is 0.423 bits per heavy atom. The standard InChI is InChI=1S/C18H32O49S11/c19-68(20,21)52-1-4-7(58-17-14(65-76(43,44)45)12(63-74(37,38)39)9(60-71(28,29)30)6(56-17)3-54-70(25,26)27)10(61-72(31,32)33)13(64-75(40,41)42)16(55-4)59-8-5(2-53-69(22,23)24)57-18(67-78(49,50)51)15(66-77(46,47)48)11(8)62-73(34,35)36/h4-18H,1-3H2,(H,19,20,21)(H,22,23,24)(H,25,26,27)(H,28,29,30)(H,31,32,33)(H,34,35,36)(H,37,38,39)(H,40,41,42)(H,43,44,45)(H,46,47,48)(H,49,50,51)/p-11/t4-,5-,6-,7-,8-,9-,10+,11+,12+,13-,14-,15-,16+,17+,18+/m1/s1. The average Bonchev–Trinajstić information content (AvgIpc) is 3.14. The van der Waals surface area contributed by atoms with E-state index in [1.807, 2.05) is 0 Å². The lowest BCUT2D eigenvalue weighted by molar-refractivity contribution is -0.366. The molecule has 0 aromatic heterocycles. The first-order valence-electron chi connectivity index (χ1n) is 17.7. The summed E-state index contributed by atoms with van der Waals surface area (Å²) in [5.41, 5.74) is 0. The van der Waals surface area contributed by atoms with E-state index >= 15 is 0 Å². The van der Waals surface area contributed by atoms with Crippen molar-refractivity contribution < 1.29 is 212 Å². The van der Waals surface area contributed by atoms with Gasteiger partial charge in [0.05, 0.1) is 19.8 Å². The van der Waals surface area contributed by atoms with Crippen molar-refractivity contribution in [2.24, 2.45) is 0 Å². The van der Waals surface area contributed by atoms with E-state index in [0.717, 1.165) is 0 Å². The Kier molecular flexibility index (Phi) is 22.9. The van der Waals surface area contributed by atoms with E-state index in [-0.39, 0.29) is 0 Å². The SMILES string of the molecule is O=S(=O)([O-])OC[C@H]1O[C@@H](O[C@H]2[C@H](OS(=O)(=O)[O-])[C@@H](OS(=O)(=O)[O-])[C@H](OS(=O)(=O)[O-])O[C@@H]2COS(=O)(=O)[O-])[C@H](OS(=O)(=O)[O-])[C@@H](OS(=O)(=O)[O-])[C@@H]1O[C@@H]1O[C@H](COS(=O)(=O)[O-])[C@@H](OS(=O)(=O)[O-])[C@H](OS(=O)(=O)[O-])[C@H]1OS(=O)(=O)[O-]. The molecule has 78 heavy (non-hydrogen) atoms. The van der Waals surface area contributed by atoms with Crippen LogP contribution in [0.2, 0.25) is 0 Å². The van der Waals surface area contributed by atoms with E-state index in [4.69, 9.17) is 18.9 Å². The highest BCUT2D eigenvalue weighted by atomic mass is 32.3. The van der Waals surface area contributed by atoms with Crippen LogP contribution in [0.4, 0.5) is 0 Å². The summed E-state index contributed by atoms with van der Waals surface area (Å²) in [7, 11) is -72.7. The van der Waals surface area contributed by atoms with Gasteiger partial charge in [-0.05, 0) is 0 Å². The Balaban J connectivity index is 2.55. The molecule has 3 saturated heterocycles. The van der Waals surface area contributed by atoms with Crippen LogP contribution in [-0.2, 0) is 184 Å². The normalized spacial score (nSPS) is 31.9. The summed E-state index contributed by atoms with van der Waals surface area (Å²) in [6, 6.07) is 0. The number of hydrogen-bond donors (Lipinski definition) is 0. The topological polar surface area (TPSA) is 777 Å². The lowest BCUT2D eigenvalue weighted by atomic mass is 9.96. The highest BCUT2D eigenvalue weighted by Gasteiger charge is 2.60. The van der Waals surface area contributed by atoms with Gasteiger partial charge in [0.15, 0.2) is 30.9 Å². The van der Waals surface area contributed by atoms with Gasteiger partial charge in [-0.2, -0.15) is 0 Å². The third kappa shape index (κ3) is 25.9. The third-order valence-electron chi connectivity index (χ3n) is 8.30. The molecule has 3 rings (SSSR count). The average molecular weight is 1370 g/mol. The van der Waals surface area contributed by atoms with Crippen LogP contribution in [0.1, 0.15) is 0 Å². The van der Waals surface area contributed by atoms with Gasteiger partial charge in [-0.1, -0.05) is 0 Å². The smallest absolute Gasteiger partial charge is 0.220 e. The van der Waals surface area contributed by atoms with E-state index < -0.39 is 226 Å². The second-order valence-corrected chi connectivity index (χ2v) is 24.9. The fourth-order valence-corrected chi connectivity index (χ4v) is 10.9. The van der Waals surface area contributed by atoms with E-state index in [0.29, 0.717) is 0 Å². The van der Waals surface area contributed by atoms with Crippen molar-refractivity contribution in [1.82, 2.24) is 0 Å². The predicted octanol–water partition coefficient (Wildman–Crippen LogP) is -13.2. The Bertz CT molecular complexity index is 3410. The molecule has 15 atom stereocenters. The lowest BCUT2D eigenvalue weighted by Gasteiger charge is -2.51. The van der Waals surface area contributed by atoms with Crippen molar-refractivity contribution in [3.8, 4) is 0 Å². The molecule has 3 heterocycles. The number of rotatable bonds is 29. The molecule has 3 aliphatic heterocycles. The molecule has 0 amide bonds. The quantitative estimate of drug-likeness (QED) is 0.0496. The van der Waals surface area contributed by atoms with Gasteiger partial charge in [-0.25, -0.2) is 96.8 Å². The van der Waals surface area contributed by atoms with Crippen LogP contribution >= 0.6 is 0 Å². The second-order valence-electron chi connectivity index (χ2n) is 13.7. The molecule has 49 nitrogen and oxygen atoms in total. The minimum absolute atomic E-state index is 2.27. The van der Waals surface area contributed by atoms with E-state index in [2.05, 4.69) is 50.8 Å². The minimum atomic E-state index is -6.94. The molecule has 60 heteroatoms. The van der Waals surface area contributed by atoms with Crippen LogP contribution in [0.3, 0.4) is 0 Å². The van der Waals surface area contributed by atoms with Crippen molar-refractivity contribution in [2.45, 2.75) is 92.1 Å². The molecule has 0 radical (unpaired) electrons. The van der Waals surface area contributed by atoms with E-state index in [1.54, 1.807) is 0 Å². The van der Waals surface area contributed by atoms with Crippen molar-refractivity contribution in [3.05, 3.63) is 0 Å². The number of ether oxygens (including phenoxy) is 5.